The van der Waals surface area contributed by atoms with Gasteiger partial charge in [0.25, 0.3) is 0 Å². The lowest BCUT2D eigenvalue weighted by molar-refractivity contribution is -0.400. The third-order valence-electron chi connectivity index (χ3n) is 7.74. The molecule has 4 aromatic rings. The van der Waals surface area contributed by atoms with Crippen molar-refractivity contribution in [3.05, 3.63) is 157 Å². The van der Waals surface area contributed by atoms with E-state index in [-0.39, 0.29) is 5.41 Å². The van der Waals surface area contributed by atoms with Crippen molar-refractivity contribution in [3.8, 4) is 0 Å². The monoisotopic (exact) mass is 749 g/mol. The number of hydrogen-bond acceptors (Lipinski definition) is 1. The molecule has 6 rings (SSSR count). The molecule has 2 heterocycles. The van der Waals surface area contributed by atoms with Crippen molar-refractivity contribution in [1.29, 1.82) is 0 Å². The fourth-order valence-corrected chi connectivity index (χ4v) is 6.00. The van der Waals surface area contributed by atoms with Crippen molar-refractivity contribution in [3.63, 3.8) is 0 Å². The molecule has 46 heavy (non-hydrogen) atoms. The average Bonchev–Trinajstić information content (AvgIpc) is 3.21. The van der Waals surface area contributed by atoms with Crippen LogP contribution < -0.4 is 10.4 Å². The number of allylic oxidation sites excluding steroid dienone is 4. The fourth-order valence-electron chi connectivity index (χ4n) is 5.47. The van der Waals surface area contributed by atoms with Crippen molar-refractivity contribution in [2.45, 2.75) is 19.3 Å². The van der Waals surface area contributed by atoms with Gasteiger partial charge in [-0.3, -0.25) is 0 Å². The molecule has 0 aromatic heterocycles. The highest BCUT2D eigenvalue weighted by atomic mass is 79.9. The maximum atomic E-state index is 9.75. The molecule has 0 radical (unpaired) electrons. The molecule has 0 spiro atoms. The van der Waals surface area contributed by atoms with Crippen LogP contribution in [0.25, 0.3) is 23.5 Å². The quantitative estimate of drug-likeness (QED) is 0.115. The fraction of sp³-hybridized carbons (Fsp3) is 0.108. The molecule has 0 aliphatic carbocycles. The van der Waals surface area contributed by atoms with Gasteiger partial charge >= 0.3 is 7.25 Å². The van der Waals surface area contributed by atoms with E-state index in [0.717, 1.165) is 42.4 Å². The molecule has 0 unspecified atom stereocenters. The summed E-state index contributed by atoms with van der Waals surface area (Å²) >= 11 is 7.08. The summed E-state index contributed by atoms with van der Waals surface area (Å²) in [5, 5.41) is 2.30. The van der Waals surface area contributed by atoms with Crippen LogP contribution in [0.2, 0.25) is 0 Å². The van der Waals surface area contributed by atoms with Gasteiger partial charge in [-0.2, -0.15) is 4.58 Å². The van der Waals surface area contributed by atoms with E-state index in [4.69, 9.17) is 4.74 Å². The van der Waals surface area contributed by atoms with E-state index in [1.165, 1.54) is 22.2 Å². The van der Waals surface area contributed by atoms with E-state index in [1.54, 1.807) is 0 Å². The second kappa shape index (κ2) is 13.8. The lowest BCUT2D eigenvalue weighted by Crippen LogP contribution is -2.28. The molecule has 4 aromatic carbocycles. The van der Waals surface area contributed by atoms with Crippen molar-refractivity contribution in [2.75, 3.05) is 7.05 Å². The van der Waals surface area contributed by atoms with E-state index in [1.807, 2.05) is 18.2 Å². The van der Waals surface area contributed by atoms with Gasteiger partial charge in [-0.05, 0) is 77.9 Å². The molecular formula is C37H30BBr2F4NO. The molecule has 9 heteroatoms. The van der Waals surface area contributed by atoms with Crippen LogP contribution in [0.1, 0.15) is 30.5 Å². The standard InChI is InChI=1S/C37H30Br2NO.BF4/c1-37(2)33-6-4-5-7-34(33)40(3)36(37)22-26-10-8-25(9-11-26)12-21-32-23-29(27-13-17-30(38)18-14-27)24-35(41-32)28-15-19-31(39)20-16-28;2-1(3,4)5/h4-24H,1-3H3;/q+1;-1. The highest BCUT2D eigenvalue weighted by molar-refractivity contribution is 9.10. The lowest BCUT2D eigenvalue weighted by atomic mass is 9.81. The molecular weight excluding hydrogens is 721 g/mol. The first-order valence-corrected chi connectivity index (χ1v) is 16.1. The van der Waals surface area contributed by atoms with E-state index in [9.17, 15) is 17.3 Å². The molecule has 0 atom stereocenters. The molecule has 2 aliphatic heterocycles. The predicted molar refractivity (Wildman–Crippen MR) is 189 cm³/mol. The first kappa shape index (κ1) is 33.4. The SMILES string of the molecule is C[N+]1=C(C=c2ccc(=CC=C3C=C(c4ccc(Br)cc4)C=C(c4ccc(Br)cc4)O3)cc2)C(C)(C)c2ccccc21.F[B-](F)(F)F. The first-order valence-electron chi connectivity index (χ1n) is 14.5. The zero-order valence-corrected chi connectivity index (χ0v) is 28.5. The molecule has 0 bridgehead atoms. The summed E-state index contributed by atoms with van der Waals surface area (Å²) in [6.07, 6.45) is 10.6. The summed E-state index contributed by atoms with van der Waals surface area (Å²) in [6.45, 7) is 4.60. The maximum absolute atomic E-state index is 9.75. The van der Waals surface area contributed by atoms with Gasteiger partial charge in [0, 0.05) is 32.2 Å². The summed E-state index contributed by atoms with van der Waals surface area (Å²) in [7, 11) is -3.84. The van der Waals surface area contributed by atoms with Crippen LogP contribution in [0.3, 0.4) is 0 Å². The third kappa shape index (κ3) is 8.25. The van der Waals surface area contributed by atoms with Crippen LogP contribution in [0.5, 0.6) is 0 Å². The van der Waals surface area contributed by atoms with Gasteiger partial charge in [-0.1, -0.05) is 105 Å². The highest BCUT2D eigenvalue weighted by Crippen LogP contribution is 2.39. The molecule has 0 N–H and O–H groups in total. The molecule has 0 saturated heterocycles. The molecule has 0 fully saturated rings. The largest absolute Gasteiger partial charge is 0.673 e. The highest BCUT2D eigenvalue weighted by Gasteiger charge is 2.42. The number of nitrogens with zero attached hydrogens (tertiary/aromatic N) is 1. The smallest absolute Gasteiger partial charge is 0.457 e. The van der Waals surface area contributed by atoms with Crippen LogP contribution in [-0.2, 0) is 10.2 Å². The first-order chi connectivity index (χ1) is 21.8. The van der Waals surface area contributed by atoms with E-state index < -0.39 is 7.25 Å². The minimum absolute atomic E-state index is 0.0438. The Bertz CT molecular complexity index is 1980. The van der Waals surface area contributed by atoms with Crippen molar-refractivity contribution >= 4 is 74.0 Å². The minimum Gasteiger partial charge on any atom is -0.457 e. The van der Waals surface area contributed by atoms with Crippen molar-refractivity contribution in [1.82, 2.24) is 0 Å². The third-order valence-corrected chi connectivity index (χ3v) is 8.80. The van der Waals surface area contributed by atoms with Crippen molar-refractivity contribution in [2.24, 2.45) is 0 Å². The van der Waals surface area contributed by atoms with Crippen LogP contribution >= 0.6 is 31.9 Å². The molecule has 2 nitrogen and oxygen atoms in total. The number of ether oxygens (including phenoxy) is 1. The van der Waals surface area contributed by atoms with E-state index in [0.29, 0.717) is 0 Å². The predicted octanol–water partition coefficient (Wildman–Crippen LogP) is 9.82. The molecule has 234 valence electrons. The number of para-hydroxylation sites is 1. The summed E-state index contributed by atoms with van der Waals surface area (Å²) in [6, 6.07) is 33.9. The van der Waals surface area contributed by atoms with Gasteiger partial charge in [-0.25, -0.2) is 0 Å². The topological polar surface area (TPSA) is 12.2 Å². The number of fused-ring (bicyclic) bond motifs is 1. The summed E-state index contributed by atoms with van der Waals surface area (Å²) in [4.78, 5) is 0. The van der Waals surface area contributed by atoms with Crippen LogP contribution in [-0.4, -0.2) is 24.6 Å². The maximum Gasteiger partial charge on any atom is 0.673 e. The van der Waals surface area contributed by atoms with E-state index >= 15 is 0 Å². The van der Waals surface area contributed by atoms with Gasteiger partial charge in [0.05, 0.1) is 5.41 Å². The molecule has 0 amide bonds. The Labute approximate surface area is 282 Å². The molecule has 0 saturated carbocycles. The van der Waals surface area contributed by atoms with E-state index in [2.05, 4.69) is 167 Å². The Kier molecular flexibility index (Phi) is 10.0. The van der Waals surface area contributed by atoms with Gasteiger partial charge in [0.1, 0.15) is 18.6 Å². The Morgan fingerprint density at radius 2 is 1.24 bits per heavy atom. The molecule has 2 aliphatic rings. The Hall–Kier alpha value is -3.95. The van der Waals surface area contributed by atoms with Gasteiger partial charge in [0.15, 0.2) is 5.71 Å². The van der Waals surface area contributed by atoms with Crippen LogP contribution in [0.15, 0.2) is 130 Å². The summed E-state index contributed by atoms with van der Waals surface area (Å²) in [5.74, 6) is 1.62. The number of halogens is 6. The Balaban J connectivity index is 0.000000775. The second-order valence-electron chi connectivity index (χ2n) is 11.4. The Morgan fingerprint density at radius 1 is 0.696 bits per heavy atom. The Morgan fingerprint density at radius 3 is 1.83 bits per heavy atom. The number of benzene rings is 4. The zero-order valence-electron chi connectivity index (χ0n) is 25.3. The zero-order chi connectivity index (χ0) is 33.1. The summed E-state index contributed by atoms with van der Waals surface area (Å²) in [5.41, 5.74) is 7.17. The summed E-state index contributed by atoms with van der Waals surface area (Å²) < 4.78 is 49.8. The van der Waals surface area contributed by atoms with Crippen LogP contribution in [0.4, 0.5) is 23.0 Å². The lowest BCUT2D eigenvalue weighted by Gasteiger charge is -2.18. The number of hydrogen-bond donors (Lipinski definition) is 0. The van der Waals surface area contributed by atoms with Gasteiger partial charge in [0.2, 0.25) is 5.69 Å². The minimum atomic E-state index is -6.00. The van der Waals surface area contributed by atoms with Gasteiger partial charge < -0.3 is 22.0 Å². The number of rotatable bonds is 4. The van der Waals surface area contributed by atoms with Gasteiger partial charge in [-0.15, -0.1) is 0 Å². The average molecular weight is 751 g/mol. The van der Waals surface area contributed by atoms with Crippen LogP contribution in [0, 0.1) is 0 Å². The second-order valence-corrected chi connectivity index (χ2v) is 13.2. The van der Waals surface area contributed by atoms with Crippen molar-refractivity contribution < 1.29 is 26.6 Å². The normalized spacial score (nSPS) is 16.1.